The van der Waals surface area contributed by atoms with E-state index in [9.17, 15) is 9.59 Å². The number of ether oxygens (including phenoxy) is 2. The van der Waals surface area contributed by atoms with E-state index in [1.54, 1.807) is 17.0 Å². The molecule has 0 spiro atoms. The van der Waals surface area contributed by atoms with Gasteiger partial charge >= 0.3 is 0 Å². The molecule has 6 nitrogen and oxygen atoms in total. The van der Waals surface area contributed by atoms with Crippen LogP contribution in [-0.2, 0) is 9.59 Å². The summed E-state index contributed by atoms with van der Waals surface area (Å²) in [6.45, 7) is 3.24. The maximum atomic E-state index is 12.5. The minimum atomic E-state index is -0.360. The number of hydrogen-bond donors (Lipinski definition) is 1. The van der Waals surface area contributed by atoms with Gasteiger partial charge in [-0.2, -0.15) is 0 Å². The summed E-state index contributed by atoms with van der Waals surface area (Å²) < 4.78 is 10.4. The van der Waals surface area contributed by atoms with Crippen LogP contribution in [0.3, 0.4) is 0 Å². The molecule has 0 unspecified atom stereocenters. The number of likely N-dealkylation sites (tertiary alicyclic amines) is 1. The molecule has 1 saturated heterocycles. The molecule has 132 valence electrons. The van der Waals surface area contributed by atoms with E-state index in [1.165, 1.54) is 14.2 Å². The van der Waals surface area contributed by atoms with E-state index in [0.717, 1.165) is 12.8 Å². The SMILES string of the molecule is CCCCN1C[C@H](C(=O)Nc2cc(OC)c(Cl)cc2OC)CC1=O. The average molecular weight is 355 g/mol. The lowest BCUT2D eigenvalue weighted by molar-refractivity contribution is -0.128. The number of rotatable bonds is 7. The van der Waals surface area contributed by atoms with Gasteiger partial charge in [0.15, 0.2) is 0 Å². The molecule has 1 atom stereocenters. The number of carbonyl (C=O) groups excluding carboxylic acids is 2. The van der Waals surface area contributed by atoms with Crippen molar-refractivity contribution in [3.8, 4) is 11.5 Å². The van der Waals surface area contributed by atoms with Crippen molar-refractivity contribution in [2.24, 2.45) is 5.92 Å². The van der Waals surface area contributed by atoms with E-state index in [4.69, 9.17) is 21.1 Å². The van der Waals surface area contributed by atoms with Crippen LogP contribution < -0.4 is 14.8 Å². The van der Waals surface area contributed by atoms with Crippen LogP contribution in [0.4, 0.5) is 5.69 Å². The fourth-order valence-electron chi connectivity index (χ4n) is 2.71. The van der Waals surface area contributed by atoms with E-state index in [1.807, 2.05) is 0 Å². The second-order valence-electron chi connectivity index (χ2n) is 5.77. The monoisotopic (exact) mass is 354 g/mol. The fourth-order valence-corrected chi connectivity index (χ4v) is 2.94. The lowest BCUT2D eigenvalue weighted by Gasteiger charge is -2.17. The van der Waals surface area contributed by atoms with Crippen molar-refractivity contribution in [1.29, 1.82) is 0 Å². The molecule has 0 aromatic heterocycles. The summed E-state index contributed by atoms with van der Waals surface area (Å²) >= 11 is 6.06. The van der Waals surface area contributed by atoms with Gasteiger partial charge in [0.1, 0.15) is 11.5 Å². The van der Waals surface area contributed by atoms with Crippen molar-refractivity contribution >= 4 is 29.1 Å². The molecule has 1 N–H and O–H groups in total. The van der Waals surface area contributed by atoms with Gasteiger partial charge in [-0.15, -0.1) is 0 Å². The predicted molar refractivity (Wildman–Crippen MR) is 92.8 cm³/mol. The lowest BCUT2D eigenvalue weighted by Crippen LogP contribution is -2.29. The maximum Gasteiger partial charge on any atom is 0.229 e. The van der Waals surface area contributed by atoms with E-state index in [2.05, 4.69) is 12.2 Å². The molecular weight excluding hydrogens is 332 g/mol. The third-order valence-electron chi connectivity index (χ3n) is 4.10. The van der Waals surface area contributed by atoms with E-state index < -0.39 is 0 Å². The Morgan fingerprint density at radius 1 is 1.33 bits per heavy atom. The number of hydrogen-bond acceptors (Lipinski definition) is 4. The van der Waals surface area contributed by atoms with Gasteiger partial charge in [-0.05, 0) is 6.42 Å². The van der Waals surface area contributed by atoms with Crippen LogP contribution in [0.2, 0.25) is 5.02 Å². The Bertz CT molecular complexity index is 621. The smallest absolute Gasteiger partial charge is 0.229 e. The van der Waals surface area contributed by atoms with Crippen LogP contribution in [0.25, 0.3) is 0 Å². The van der Waals surface area contributed by atoms with Gasteiger partial charge in [0.2, 0.25) is 11.8 Å². The van der Waals surface area contributed by atoms with Crippen molar-refractivity contribution in [3.05, 3.63) is 17.2 Å². The van der Waals surface area contributed by atoms with Crippen LogP contribution in [0, 0.1) is 5.92 Å². The first-order chi connectivity index (χ1) is 11.5. The van der Waals surface area contributed by atoms with Gasteiger partial charge in [-0.25, -0.2) is 0 Å². The molecule has 2 rings (SSSR count). The number of halogens is 1. The van der Waals surface area contributed by atoms with Crippen LogP contribution in [0.5, 0.6) is 11.5 Å². The second-order valence-corrected chi connectivity index (χ2v) is 6.18. The van der Waals surface area contributed by atoms with Crippen molar-refractivity contribution in [2.45, 2.75) is 26.2 Å². The lowest BCUT2D eigenvalue weighted by atomic mass is 10.1. The van der Waals surface area contributed by atoms with Gasteiger partial charge < -0.3 is 19.7 Å². The molecule has 7 heteroatoms. The topological polar surface area (TPSA) is 67.9 Å². The summed E-state index contributed by atoms with van der Waals surface area (Å²) in [6, 6.07) is 3.20. The van der Waals surface area contributed by atoms with Gasteiger partial charge in [-0.3, -0.25) is 9.59 Å². The quantitative estimate of drug-likeness (QED) is 0.817. The number of unbranched alkanes of at least 4 members (excludes halogenated alkanes) is 1. The molecule has 0 saturated carbocycles. The average Bonchev–Trinajstić information content (AvgIpc) is 2.95. The number of methoxy groups -OCH3 is 2. The number of benzene rings is 1. The normalized spacial score (nSPS) is 17.1. The fraction of sp³-hybridized carbons (Fsp3) is 0.529. The molecule has 1 aromatic rings. The molecule has 0 aliphatic carbocycles. The third-order valence-corrected chi connectivity index (χ3v) is 4.39. The molecule has 1 aliphatic heterocycles. The molecule has 1 heterocycles. The Hall–Kier alpha value is -1.95. The van der Waals surface area contributed by atoms with Crippen LogP contribution in [0.1, 0.15) is 26.2 Å². The zero-order valence-electron chi connectivity index (χ0n) is 14.2. The number of nitrogens with zero attached hydrogens (tertiary/aromatic N) is 1. The first-order valence-electron chi connectivity index (χ1n) is 8.00. The standard InChI is InChI=1S/C17H23ClN2O4/c1-4-5-6-20-10-11(7-16(20)21)17(22)19-13-9-14(23-2)12(18)8-15(13)24-3/h8-9,11H,4-7,10H2,1-3H3,(H,19,22)/t11-/m1/s1. The molecule has 0 bridgehead atoms. The van der Waals surface area contributed by atoms with Gasteiger partial charge in [0, 0.05) is 31.6 Å². The Morgan fingerprint density at radius 3 is 2.67 bits per heavy atom. The second kappa shape index (κ2) is 8.24. The summed E-state index contributed by atoms with van der Waals surface area (Å²) in [7, 11) is 3.00. The molecule has 0 radical (unpaired) electrons. The van der Waals surface area contributed by atoms with E-state index in [0.29, 0.717) is 35.3 Å². The Labute approximate surface area is 147 Å². The molecule has 24 heavy (non-hydrogen) atoms. The van der Waals surface area contributed by atoms with Gasteiger partial charge in [0.05, 0.1) is 30.8 Å². The molecule has 1 aliphatic rings. The largest absolute Gasteiger partial charge is 0.495 e. The third kappa shape index (κ3) is 4.12. The zero-order valence-corrected chi connectivity index (χ0v) is 15.0. The van der Waals surface area contributed by atoms with Crippen molar-refractivity contribution in [3.63, 3.8) is 0 Å². The predicted octanol–water partition coefficient (Wildman–Crippen LogP) is 2.94. The maximum absolute atomic E-state index is 12.5. The molecular formula is C17H23ClN2O4. The number of amides is 2. The van der Waals surface area contributed by atoms with Crippen LogP contribution >= 0.6 is 11.6 Å². The van der Waals surface area contributed by atoms with E-state index in [-0.39, 0.29) is 24.2 Å². The summed E-state index contributed by atoms with van der Waals surface area (Å²) in [5.41, 5.74) is 0.475. The molecule has 1 aromatic carbocycles. The zero-order chi connectivity index (χ0) is 17.7. The number of nitrogens with one attached hydrogen (secondary N) is 1. The summed E-state index contributed by atoms with van der Waals surface area (Å²) in [5.74, 6) is 0.358. The highest BCUT2D eigenvalue weighted by atomic mass is 35.5. The van der Waals surface area contributed by atoms with Crippen LogP contribution in [0.15, 0.2) is 12.1 Å². The minimum absolute atomic E-state index is 0.0317. The Balaban J connectivity index is 2.08. The van der Waals surface area contributed by atoms with Gasteiger partial charge in [0.25, 0.3) is 0 Å². The first kappa shape index (κ1) is 18.4. The Morgan fingerprint density at radius 2 is 2.04 bits per heavy atom. The summed E-state index contributed by atoms with van der Waals surface area (Å²) in [4.78, 5) is 26.3. The molecule has 1 fully saturated rings. The number of carbonyl (C=O) groups is 2. The highest BCUT2D eigenvalue weighted by molar-refractivity contribution is 6.32. The van der Waals surface area contributed by atoms with Crippen LogP contribution in [-0.4, -0.2) is 44.0 Å². The highest BCUT2D eigenvalue weighted by Crippen LogP contribution is 2.36. The highest BCUT2D eigenvalue weighted by Gasteiger charge is 2.34. The Kier molecular flexibility index (Phi) is 6.31. The first-order valence-corrected chi connectivity index (χ1v) is 8.38. The van der Waals surface area contributed by atoms with Gasteiger partial charge in [-0.1, -0.05) is 24.9 Å². The summed E-state index contributed by atoms with van der Waals surface area (Å²) in [6.07, 6.45) is 2.20. The number of anilines is 1. The van der Waals surface area contributed by atoms with Crippen molar-refractivity contribution < 1.29 is 19.1 Å². The van der Waals surface area contributed by atoms with Crippen molar-refractivity contribution in [1.82, 2.24) is 4.90 Å². The molecule has 2 amide bonds. The summed E-state index contributed by atoms with van der Waals surface area (Å²) in [5, 5.41) is 3.22. The van der Waals surface area contributed by atoms with E-state index >= 15 is 0 Å². The van der Waals surface area contributed by atoms with Crippen molar-refractivity contribution in [2.75, 3.05) is 32.6 Å². The minimum Gasteiger partial charge on any atom is -0.495 e.